The number of nitrogens with zero attached hydrogens (tertiary/aromatic N) is 1. The summed E-state index contributed by atoms with van der Waals surface area (Å²) in [4.78, 5) is 28.3. The Hall–Kier alpha value is -3.10. The molecular weight excluding hydrogens is 536 g/mol. The van der Waals surface area contributed by atoms with E-state index in [2.05, 4.69) is 5.32 Å². The van der Waals surface area contributed by atoms with E-state index in [9.17, 15) is 9.59 Å². The highest BCUT2D eigenvalue weighted by atomic mass is 16.6. The second-order valence-corrected chi connectivity index (χ2v) is 8.86. The monoisotopic (exact) mass is 576 g/mol. The smallest absolute Gasteiger partial charge is 0.356 e. The van der Waals surface area contributed by atoms with E-state index in [4.69, 9.17) is 38.6 Å². The first-order valence-electron chi connectivity index (χ1n) is 13.7. The van der Waals surface area contributed by atoms with Crippen molar-refractivity contribution in [2.75, 3.05) is 84.2 Å². The van der Waals surface area contributed by atoms with E-state index in [1.54, 1.807) is 4.90 Å². The SMILES string of the molecule is O=C(OCCOCCOCCO)C(NC(=O)N1c2ccccc2CCc2ccccc21)OCCOCCOCCO. The van der Waals surface area contributed by atoms with Crippen LogP contribution >= 0.6 is 0 Å². The molecule has 2 aromatic rings. The van der Waals surface area contributed by atoms with Crippen LogP contribution in [0, 0.1) is 0 Å². The molecule has 1 aliphatic rings. The van der Waals surface area contributed by atoms with E-state index >= 15 is 0 Å². The van der Waals surface area contributed by atoms with E-state index < -0.39 is 18.2 Å². The number of amides is 2. The maximum Gasteiger partial charge on any atom is 0.356 e. The first kappa shape index (κ1) is 32.4. The molecule has 0 saturated heterocycles. The third kappa shape index (κ3) is 11.0. The van der Waals surface area contributed by atoms with Gasteiger partial charge in [-0.2, -0.15) is 0 Å². The molecule has 0 spiro atoms. The zero-order valence-electron chi connectivity index (χ0n) is 23.2. The molecule has 0 fully saturated rings. The van der Waals surface area contributed by atoms with Gasteiger partial charge in [0.25, 0.3) is 0 Å². The summed E-state index contributed by atoms with van der Waals surface area (Å²) in [6, 6.07) is 14.8. The lowest BCUT2D eigenvalue weighted by Gasteiger charge is -2.27. The van der Waals surface area contributed by atoms with Crippen molar-refractivity contribution in [3.05, 3.63) is 59.7 Å². The number of carbonyl (C=O) groups excluding carboxylic acids is 2. The summed E-state index contributed by atoms with van der Waals surface area (Å²) in [5.74, 6) is -0.777. The molecule has 1 aliphatic heterocycles. The van der Waals surface area contributed by atoms with Gasteiger partial charge < -0.3 is 44.0 Å². The molecule has 3 N–H and O–H groups in total. The Kier molecular flexibility index (Phi) is 15.1. The summed E-state index contributed by atoms with van der Waals surface area (Å²) in [5, 5.41) is 20.2. The van der Waals surface area contributed by atoms with Crippen molar-refractivity contribution in [2.24, 2.45) is 0 Å². The normalized spacial score (nSPS) is 13.2. The summed E-state index contributed by atoms with van der Waals surface area (Å²) < 4.78 is 32.1. The molecule has 41 heavy (non-hydrogen) atoms. The van der Waals surface area contributed by atoms with Gasteiger partial charge in [0.15, 0.2) is 0 Å². The molecule has 1 unspecified atom stereocenters. The number of esters is 1. The lowest BCUT2D eigenvalue weighted by Crippen LogP contribution is -2.49. The van der Waals surface area contributed by atoms with E-state index in [-0.39, 0.29) is 66.1 Å². The van der Waals surface area contributed by atoms with Crippen LogP contribution in [0.1, 0.15) is 11.1 Å². The van der Waals surface area contributed by atoms with Crippen LogP contribution in [-0.4, -0.2) is 108 Å². The molecule has 3 rings (SSSR count). The minimum atomic E-state index is -1.40. The number of anilines is 2. The minimum absolute atomic E-state index is 0.00587. The maximum atomic E-state index is 13.7. The number of aryl methyl sites for hydroxylation is 2. The van der Waals surface area contributed by atoms with Gasteiger partial charge in [-0.25, -0.2) is 9.59 Å². The molecule has 0 bridgehead atoms. The van der Waals surface area contributed by atoms with Crippen LogP contribution in [0.5, 0.6) is 0 Å². The molecule has 2 amide bonds. The van der Waals surface area contributed by atoms with Crippen LogP contribution in [0.3, 0.4) is 0 Å². The molecule has 0 saturated carbocycles. The zero-order valence-corrected chi connectivity index (χ0v) is 23.2. The minimum Gasteiger partial charge on any atom is -0.460 e. The van der Waals surface area contributed by atoms with Gasteiger partial charge in [0.2, 0.25) is 6.23 Å². The van der Waals surface area contributed by atoms with Crippen LogP contribution < -0.4 is 10.2 Å². The number of aliphatic hydroxyl groups excluding tert-OH is 2. The maximum absolute atomic E-state index is 13.7. The summed E-state index contributed by atoms with van der Waals surface area (Å²) >= 11 is 0. The standard InChI is InChI=1S/C29H40N2O10/c32-11-13-36-15-17-38-19-21-40-27(28(34)41-22-20-39-18-16-37-14-12-33)30-29(35)31-25-7-3-1-5-23(25)9-10-24-6-2-4-8-26(24)31/h1-8,27,32-33H,9-22H2,(H,30,35). The van der Waals surface area contributed by atoms with Crippen molar-refractivity contribution in [1.82, 2.24) is 5.32 Å². The molecular formula is C29H40N2O10. The van der Waals surface area contributed by atoms with Gasteiger partial charge in [0.1, 0.15) is 6.61 Å². The molecule has 0 aliphatic carbocycles. The third-order valence-electron chi connectivity index (χ3n) is 6.00. The number of para-hydroxylation sites is 2. The Bertz CT molecular complexity index is 1010. The molecule has 1 heterocycles. The Morgan fingerprint density at radius 2 is 1.15 bits per heavy atom. The van der Waals surface area contributed by atoms with Gasteiger partial charge in [-0.15, -0.1) is 0 Å². The molecule has 0 aromatic heterocycles. The van der Waals surface area contributed by atoms with Crippen molar-refractivity contribution >= 4 is 23.4 Å². The second kappa shape index (κ2) is 19.1. The summed E-state index contributed by atoms with van der Waals surface area (Å²) in [5.41, 5.74) is 3.47. The highest BCUT2D eigenvalue weighted by molar-refractivity contribution is 6.02. The second-order valence-electron chi connectivity index (χ2n) is 8.86. The first-order chi connectivity index (χ1) is 20.2. The number of hydrogen-bond acceptors (Lipinski definition) is 10. The fourth-order valence-corrected chi connectivity index (χ4v) is 4.12. The van der Waals surface area contributed by atoms with Crippen LogP contribution in [0.4, 0.5) is 16.2 Å². The lowest BCUT2D eigenvalue weighted by molar-refractivity contribution is -0.161. The fraction of sp³-hybridized carbons (Fsp3) is 0.517. The van der Waals surface area contributed by atoms with E-state index in [1.807, 2.05) is 48.5 Å². The number of urea groups is 1. The largest absolute Gasteiger partial charge is 0.460 e. The van der Waals surface area contributed by atoms with Crippen molar-refractivity contribution < 1.29 is 48.2 Å². The highest BCUT2D eigenvalue weighted by Gasteiger charge is 2.30. The number of benzene rings is 2. The van der Waals surface area contributed by atoms with Gasteiger partial charge in [-0.05, 0) is 36.1 Å². The Morgan fingerprint density at radius 1 is 0.683 bits per heavy atom. The summed E-state index contributed by atoms with van der Waals surface area (Å²) in [7, 11) is 0. The van der Waals surface area contributed by atoms with Gasteiger partial charge in [-0.3, -0.25) is 4.90 Å². The summed E-state index contributed by atoms with van der Waals surface area (Å²) in [6.45, 7) is 1.71. The molecule has 226 valence electrons. The van der Waals surface area contributed by atoms with Crippen molar-refractivity contribution in [1.29, 1.82) is 0 Å². The Balaban J connectivity index is 1.62. The van der Waals surface area contributed by atoms with Crippen molar-refractivity contribution in [3.63, 3.8) is 0 Å². The molecule has 0 radical (unpaired) electrons. The van der Waals surface area contributed by atoms with Gasteiger partial charge >= 0.3 is 12.0 Å². The van der Waals surface area contributed by atoms with E-state index in [1.165, 1.54) is 0 Å². The van der Waals surface area contributed by atoms with Gasteiger partial charge in [0, 0.05) is 0 Å². The quantitative estimate of drug-likeness (QED) is 0.128. The molecule has 12 nitrogen and oxygen atoms in total. The number of rotatable bonds is 19. The van der Waals surface area contributed by atoms with Crippen molar-refractivity contribution in [2.45, 2.75) is 19.1 Å². The van der Waals surface area contributed by atoms with Crippen LogP contribution in [-0.2, 0) is 46.1 Å². The number of nitrogens with one attached hydrogen (secondary N) is 1. The van der Waals surface area contributed by atoms with Crippen LogP contribution in [0.2, 0.25) is 0 Å². The summed E-state index contributed by atoms with van der Waals surface area (Å²) in [6.07, 6.45) is 0.138. The van der Waals surface area contributed by atoms with Crippen molar-refractivity contribution in [3.8, 4) is 0 Å². The number of hydrogen-bond donors (Lipinski definition) is 3. The highest BCUT2D eigenvalue weighted by Crippen LogP contribution is 2.35. The number of fused-ring (bicyclic) bond motifs is 2. The number of carbonyl (C=O) groups is 2. The average molecular weight is 577 g/mol. The number of ether oxygens (including phenoxy) is 6. The average Bonchev–Trinajstić information content (AvgIpc) is 3.16. The zero-order chi connectivity index (χ0) is 29.1. The first-order valence-corrected chi connectivity index (χ1v) is 13.7. The topological polar surface area (TPSA) is 145 Å². The fourth-order valence-electron chi connectivity index (χ4n) is 4.12. The number of aliphatic hydroxyl groups is 2. The predicted octanol–water partition coefficient (Wildman–Crippen LogP) is 1.57. The van der Waals surface area contributed by atoms with Gasteiger partial charge in [0.05, 0.1) is 84.1 Å². The van der Waals surface area contributed by atoms with Crippen LogP contribution in [0.15, 0.2) is 48.5 Å². The lowest BCUT2D eigenvalue weighted by atomic mass is 10.0. The van der Waals surface area contributed by atoms with Crippen LogP contribution in [0.25, 0.3) is 0 Å². The third-order valence-corrected chi connectivity index (χ3v) is 6.00. The Morgan fingerprint density at radius 3 is 1.68 bits per heavy atom. The molecule has 1 atom stereocenters. The predicted molar refractivity (Wildman–Crippen MR) is 149 cm³/mol. The molecule has 12 heteroatoms. The van der Waals surface area contributed by atoms with E-state index in [0.29, 0.717) is 13.2 Å². The van der Waals surface area contributed by atoms with E-state index in [0.717, 1.165) is 35.3 Å². The van der Waals surface area contributed by atoms with Gasteiger partial charge in [-0.1, -0.05) is 36.4 Å². The molecule has 2 aromatic carbocycles. The Labute approximate surface area is 240 Å².